The topological polar surface area (TPSA) is 47.6 Å². The molecule has 0 bridgehead atoms. The van der Waals surface area contributed by atoms with Gasteiger partial charge in [-0.15, -0.1) is 11.8 Å². The molecule has 2 fully saturated rings. The van der Waals surface area contributed by atoms with Gasteiger partial charge in [0.2, 0.25) is 5.91 Å². The highest BCUT2D eigenvalue weighted by molar-refractivity contribution is 7.98. The van der Waals surface area contributed by atoms with Crippen LogP contribution in [-0.2, 0) is 20.7 Å². The summed E-state index contributed by atoms with van der Waals surface area (Å²) in [5, 5.41) is 3.17. The van der Waals surface area contributed by atoms with Gasteiger partial charge < -0.3 is 14.8 Å². The summed E-state index contributed by atoms with van der Waals surface area (Å²) in [5.74, 6) is 0.138. The number of rotatable bonds is 5. The largest absolute Gasteiger partial charge is 0.373 e. The number of hydrogen-bond acceptors (Lipinski definition) is 4. The fourth-order valence-corrected chi connectivity index (χ4v) is 3.76. The highest BCUT2D eigenvalue weighted by atomic mass is 32.2. The van der Waals surface area contributed by atoms with Crippen molar-refractivity contribution in [1.82, 2.24) is 5.32 Å². The number of fused-ring (bicyclic) bond motifs is 1. The van der Waals surface area contributed by atoms with Gasteiger partial charge in [0.05, 0.1) is 25.4 Å². The summed E-state index contributed by atoms with van der Waals surface area (Å²) >= 11 is 1.73. The fraction of sp³-hybridized carbons (Fsp3) is 0.611. The lowest BCUT2D eigenvalue weighted by Gasteiger charge is -2.39. The molecule has 1 aromatic carbocycles. The maximum Gasteiger partial charge on any atom is 0.220 e. The van der Waals surface area contributed by atoms with E-state index in [1.807, 2.05) is 0 Å². The summed E-state index contributed by atoms with van der Waals surface area (Å²) < 4.78 is 11.5. The van der Waals surface area contributed by atoms with Gasteiger partial charge >= 0.3 is 0 Å². The zero-order chi connectivity index (χ0) is 16.1. The number of carbonyl (C=O) groups is 1. The highest BCUT2D eigenvalue weighted by Gasteiger charge is 2.34. The van der Waals surface area contributed by atoms with Crippen LogP contribution in [0.15, 0.2) is 29.2 Å². The highest BCUT2D eigenvalue weighted by Crippen LogP contribution is 2.26. The number of carbonyl (C=O) groups excluding carboxylic acids is 1. The molecular weight excluding hydrogens is 310 g/mol. The van der Waals surface area contributed by atoms with E-state index >= 15 is 0 Å². The van der Waals surface area contributed by atoms with E-state index in [2.05, 4.69) is 35.8 Å². The van der Waals surface area contributed by atoms with Crippen molar-refractivity contribution in [1.29, 1.82) is 0 Å². The van der Waals surface area contributed by atoms with Crippen molar-refractivity contribution in [2.45, 2.75) is 55.2 Å². The first kappa shape index (κ1) is 16.8. The zero-order valence-electron chi connectivity index (χ0n) is 13.6. The Bertz CT molecular complexity index is 520. The number of hydrogen-bond donors (Lipinski definition) is 1. The van der Waals surface area contributed by atoms with Gasteiger partial charge in [0, 0.05) is 17.4 Å². The van der Waals surface area contributed by atoms with Gasteiger partial charge in [0.15, 0.2) is 0 Å². The molecule has 2 aliphatic rings. The molecule has 1 N–H and O–H groups in total. The molecule has 5 heteroatoms. The van der Waals surface area contributed by atoms with Gasteiger partial charge in [-0.05, 0) is 49.6 Å². The van der Waals surface area contributed by atoms with Crippen molar-refractivity contribution in [3.05, 3.63) is 29.8 Å². The van der Waals surface area contributed by atoms with Crippen LogP contribution in [0.25, 0.3) is 0 Å². The maximum absolute atomic E-state index is 12.2. The Morgan fingerprint density at radius 2 is 1.91 bits per heavy atom. The Morgan fingerprint density at radius 3 is 2.65 bits per heavy atom. The molecule has 1 heterocycles. The predicted molar refractivity (Wildman–Crippen MR) is 91.8 cm³/mol. The van der Waals surface area contributed by atoms with E-state index in [1.165, 1.54) is 10.5 Å². The summed E-state index contributed by atoms with van der Waals surface area (Å²) in [6.07, 6.45) is 6.62. The Labute approximate surface area is 142 Å². The zero-order valence-corrected chi connectivity index (χ0v) is 14.4. The lowest BCUT2D eigenvalue weighted by Crippen LogP contribution is -2.49. The number of ether oxygens (including phenoxy) is 2. The normalized spacial score (nSPS) is 27.3. The van der Waals surface area contributed by atoms with Crippen molar-refractivity contribution < 1.29 is 14.3 Å². The van der Waals surface area contributed by atoms with Crippen LogP contribution < -0.4 is 5.32 Å². The first-order valence-corrected chi connectivity index (χ1v) is 9.62. The molecule has 0 aromatic heterocycles. The van der Waals surface area contributed by atoms with Gasteiger partial charge in [-0.2, -0.15) is 0 Å². The van der Waals surface area contributed by atoms with Crippen molar-refractivity contribution in [3.8, 4) is 0 Å². The number of benzene rings is 1. The summed E-state index contributed by atoms with van der Waals surface area (Å²) in [4.78, 5) is 13.4. The van der Waals surface area contributed by atoms with Crippen molar-refractivity contribution in [3.63, 3.8) is 0 Å². The van der Waals surface area contributed by atoms with E-state index in [9.17, 15) is 4.79 Å². The quantitative estimate of drug-likeness (QED) is 0.841. The second-order valence-corrected chi connectivity index (χ2v) is 7.12. The third-order valence-electron chi connectivity index (χ3n) is 4.64. The van der Waals surface area contributed by atoms with Crippen LogP contribution in [-0.4, -0.2) is 43.6 Å². The molecule has 1 aliphatic carbocycles. The SMILES string of the molecule is CSc1ccc(CCC(=O)N[C@@H]2CC[C@H]3OCCO[C@H]3C2)cc1. The van der Waals surface area contributed by atoms with E-state index in [0.29, 0.717) is 19.6 Å². The van der Waals surface area contributed by atoms with Crippen molar-refractivity contribution in [2.24, 2.45) is 0 Å². The summed E-state index contributed by atoms with van der Waals surface area (Å²) in [6, 6.07) is 8.66. The summed E-state index contributed by atoms with van der Waals surface area (Å²) in [5.41, 5.74) is 1.21. The Kier molecular flexibility index (Phi) is 5.97. The van der Waals surface area contributed by atoms with E-state index in [0.717, 1.165) is 25.7 Å². The van der Waals surface area contributed by atoms with Crippen LogP contribution in [0.5, 0.6) is 0 Å². The van der Waals surface area contributed by atoms with E-state index in [4.69, 9.17) is 9.47 Å². The number of nitrogens with one attached hydrogen (secondary N) is 1. The van der Waals surface area contributed by atoms with Crippen molar-refractivity contribution in [2.75, 3.05) is 19.5 Å². The molecule has 0 unspecified atom stereocenters. The first-order chi connectivity index (χ1) is 11.2. The molecular formula is C18H25NO3S. The van der Waals surface area contributed by atoms with Gasteiger partial charge in [-0.3, -0.25) is 4.79 Å². The first-order valence-electron chi connectivity index (χ1n) is 8.40. The average molecular weight is 335 g/mol. The number of amides is 1. The van der Waals surface area contributed by atoms with E-state index in [1.54, 1.807) is 11.8 Å². The molecule has 23 heavy (non-hydrogen) atoms. The van der Waals surface area contributed by atoms with Crippen molar-refractivity contribution >= 4 is 17.7 Å². The second kappa shape index (κ2) is 8.18. The van der Waals surface area contributed by atoms with Crippen LogP contribution >= 0.6 is 11.8 Å². The van der Waals surface area contributed by atoms with E-state index < -0.39 is 0 Å². The molecule has 1 aromatic rings. The maximum atomic E-state index is 12.2. The van der Waals surface area contributed by atoms with Crippen LogP contribution in [0.1, 0.15) is 31.2 Å². The standard InChI is InChI=1S/C18H25NO3S/c1-23-15-6-2-13(3-7-15)4-9-18(20)19-14-5-8-16-17(12-14)22-11-10-21-16/h2-3,6-7,14,16-17H,4-5,8-12H2,1H3,(H,19,20)/t14-,16-,17+/m1/s1. The number of aryl methyl sites for hydroxylation is 1. The van der Waals surface area contributed by atoms with Crippen LogP contribution in [0.3, 0.4) is 0 Å². The average Bonchev–Trinajstić information content (AvgIpc) is 2.60. The van der Waals surface area contributed by atoms with Gasteiger partial charge in [-0.25, -0.2) is 0 Å². The molecule has 0 spiro atoms. The molecule has 1 amide bonds. The lowest BCUT2D eigenvalue weighted by molar-refractivity contribution is -0.158. The minimum Gasteiger partial charge on any atom is -0.373 e. The molecule has 4 nitrogen and oxygen atoms in total. The summed E-state index contributed by atoms with van der Waals surface area (Å²) in [7, 11) is 0. The molecule has 1 aliphatic heterocycles. The fourth-order valence-electron chi connectivity index (χ4n) is 3.35. The summed E-state index contributed by atoms with van der Waals surface area (Å²) in [6.45, 7) is 1.38. The Hall–Kier alpha value is -1.04. The van der Waals surface area contributed by atoms with Crippen LogP contribution in [0.2, 0.25) is 0 Å². The minimum atomic E-state index is 0.138. The third-order valence-corrected chi connectivity index (χ3v) is 5.39. The van der Waals surface area contributed by atoms with Crippen LogP contribution in [0.4, 0.5) is 0 Å². The minimum absolute atomic E-state index is 0.138. The molecule has 3 atom stereocenters. The number of thioether (sulfide) groups is 1. The van der Waals surface area contributed by atoms with Gasteiger partial charge in [-0.1, -0.05) is 12.1 Å². The molecule has 0 radical (unpaired) electrons. The third kappa shape index (κ3) is 4.72. The van der Waals surface area contributed by atoms with Gasteiger partial charge in [0.25, 0.3) is 0 Å². The molecule has 1 saturated carbocycles. The molecule has 126 valence electrons. The molecule has 1 saturated heterocycles. The predicted octanol–water partition coefficient (Wildman–Crippen LogP) is 2.79. The smallest absolute Gasteiger partial charge is 0.220 e. The Balaban J connectivity index is 1.42. The lowest BCUT2D eigenvalue weighted by atomic mass is 9.89. The Morgan fingerprint density at radius 1 is 1.17 bits per heavy atom. The second-order valence-electron chi connectivity index (χ2n) is 6.24. The van der Waals surface area contributed by atoms with E-state index in [-0.39, 0.29) is 24.2 Å². The van der Waals surface area contributed by atoms with Crippen LogP contribution in [0, 0.1) is 0 Å². The monoisotopic (exact) mass is 335 g/mol. The van der Waals surface area contributed by atoms with Gasteiger partial charge in [0.1, 0.15) is 0 Å². The molecule has 3 rings (SSSR count).